The average Bonchev–Trinajstić information content (AvgIpc) is 2.52. The van der Waals surface area contributed by atoms with Crippen LogP contribution in [0.2, 0.25) is 15.1 Å². The molecule has 0 bridgehead atoms. The first-order valence-corrected chi connectivity index (χ1v) is 9.90. The number of urea groups is 1. The first-order chi connectivity index (χ1) is 11.0. The van der Waals surface area contributed by atoms with Gasteiger partial charge in [0.05, 0.1) is 10.0 Å². The lowest BCUT2D eigenvalue weighted by Crippen LogP contribution is -2.24. The molecule has 0 saturated heterocycles. The van der Waals surface area contributed by atoms with Crippen LogP contribution < -0.4 is 5.32 Å². The molecule has 122 valence electrons. The summed E-state index contributed by atoms with van der Waals surface area (Å²) < 4.78 is 1.52. The molecule has 3 nitrogen and oxygen atoms in total. The Morgan fingerprint density at radius 2 is 1.78 bits per heavy atom. The Kier molecular flexibility index (Phi) is 7.24. The molecule has 2 aromatic carbocycles. The lowest BCUT2D eigenvalue weighted by Gasteiger charge is -2.16. The molecular formula is C15H13Cl3N2OS2. The molecule has 0 aliphatic rings. The second-order valence-electron chi connectivity index (χ2n) is 4.52. The van der Waals surface area contributed by atoms with Crippen molar-refractivity contribution in [1.29, 1.82) is 0 Å². The zero-order valence-electron chi connectivity index (χ0n) is 12.1. The van der Waals surface area contributed by atoms with Crippen LogP contribution in [0, 0.1) is 0 Å². The van der Waals surface area contributed by atoms with Crippen molar-refractivity contribution in [3.05, 3.63) is 63.1 Å². The Hall–Kier alpha value is -0.720. The summed E-state index contributed by atoms with van der Waals surface area (Å²) in [6, 6.07) is 12.3. The van der Waals surface area contributed by atoms with E-state index >= 15 is 0 Å². The molecule has 0 spiro atoms. The lowest BCUT2D eigenvalue weighted by molar-refractivity contribution is 0.243. The van der Waals surface area contributed by atoms with Crippen molar-refractivity contribution in [3.8, 4) is 0 Å². The summed E-state index contributed by atoms with van der Waals surface area (Å²) in [7, 11) is 4.61. The highest BCUT2D eigenvalue weighted by Crippen LogP contribution is 2.30. The number of nitrogens with zero attached hydrogens (tertiary/aromatic N) is 1. The van der Waals surface area contributed by atoms with Crippen LogP contribution >= 0.6 is 56.6 Å². The number of benzene rings is 2. The molecule has 0 saturated carbocycles. The smallest absolute Gasteiger partial charge is 0.307 e. The average molecular weight is 408 g/mol. The number of halogens is 3. The Labute approximate surface area is 158 Å². The second-order valence-corrected chi connectivity index (χ2v) is 8.15. The topological polar surface area (TPSA) is 32.3 Å². The molecule has 1 N–H and O–H groups in total. The summed E-state index contributed by atoms with van der Waals surface area (Å²) in [5.41, 5.74) is 1.74. The normalized spacial score (nSPS) is 10.4. The SMILES string of the molecule is CN(SSCc1ccc(Cl)cc1)C(=O)Nc1ccc(Cl)c(Cl)c1. The highest BCUT2D eigenvalue weighted by atomic mass is 35.5. The number of carbonyl (C=O) groups excluding carboxylic acids is 1. The van der Waals surface area contributed by atoms with Gasteiger partial charge in [0.1, 0.15) is 0 Å². The number of hydrogen-bond acceptors (Lipinski definition) is 3. The van der Waals surface area contributed by atoms with Gasteiger partial charge in [-0.1, -0.05) is 57.7 Å². The largest absolute Gasteiger partial charge is 0.332 e. The van der Waals surface area contributed by atoms with Gasteiger partial charge in [-0.05, 0) is 35.9 Å². The fourth-order valence-electron chi connectivity index (χ4n) is 1.56. The Bertz CT molecular complexity index is 683. The number of nitrogens with one attached hydrogen (secondary N) is 1. The number of amides is 2. The molecule has 0 aromatic heterocycles. The fraction of sp³-hybridized carbons (Fsp3) is 0.133. The fourth-order valence-corrected chi connectivity index (χ4v) is 3.88. The van der Waals surface area contributed by atoms with Crippen molar-refractivity contribution in [2.75, 3.05) is 12.4 Å². The minimum atomic E-state index is -0.239. The predicted molar refractivity (Wildman–Crippen MR) is 104 cm³/mol. The van der Waals surface area contributed by atoms with Crippen LogP contribution in [0.4, 0.5) is 10.5 Å². The van der Waals surface area contributed by atoms with Crippen molar-refractivity contribution in [2.24, 2.45) is 0 Å². The molecular weight excluding hydrogens is 395 g/mol. The molecule has 0 unspecified atom stereocenters. The van der Waals surface area contributed by atoms with Crippen LogP contribution in [0.3, 0.4) is 0 Å². The summed E-state index contributed by atoms with van der Waals surface area (Å²) in [6.45, 7) is 0. The van der Waals surface area contributed by atoms with E-state index < -0.39 is 0 Å². The van der Waals surface area contributed by atoms with Gasteiger partial charge in [-0.25, -0.2) is 4.79 Å². The maximum atomic E-state index is 12.1. The summed E-state index contributed by atoms with van der Waals surface area (Å²) in [6.07, 6.45) is 0. The third-order valence-electron chi connectivity index (χ3n) is 2.76. The van der Waals surface area contributed by atoms with Gasteiger partial charge >= 0.3 is 6.03 Å². The quantitative estimate of drug-likeness (QED) is 0.447. The van der Waals surface area contributed by atoms with Crippen molar-refractivity contribution < 1.29 is 4.79 Å². The minimum Gasteiger partial charge on any atom is -0.307 e. The molecule has 0 radical (unpaired) electrons. The van der Waals surface area contributed by atoms with E-state index in [1.165, 1.54) is 15.3 Å². The van der Waals surface area contributed by atoms with Gasteiger partial charge in [0.15, 0.2) is 0 Å². The van der Waals surface area contributed by atoms with Gasteiger partial charge < -0.3 is 5.32 Å². The van der Waals surface area contributed by atoms with Crippen molar-refractivity contribution in [2.45, 2.75) is 5.75 Å². The van der Waals surface area contributed by atoms with E-state index in [9.17, 15) is 4.79 Å². The maximum Gasteiger partial charge on any atom is 0.332 e. The monoisotopic (exact) mass is 406 g/mol. The van der Waals surface area contributed by atoms with Crippen LogP contribution in [0.15, 0.2) is 42.5 Å². The standard InChI is InChI=1S/C15H13Cl3N2OS2/c1-20(23-22-9-10-2-4-11(16)5-3-10)15(21)19-12-6-7-13(17)14(18)8-12/h2-8H,9H2,1H3,(H,19,21). The molecule has 0 fully saturated rings. The van der Waals surface area contributed by atoms with Crippen LogP contribution in [-0.4, -0.2) is 17.4 Å². The first-order valence-electron chi connectivity index (χ1n) is 6.49. The number of carbonyl (C=O) groups is 1. The van der Waals surface area contributed by atoms with Gasteiger partial charge in [-0.3, -0.25) is 4.31 Å². The Morgan fingerprint density at radius 3 is 2.43 bits per heavy atom. The third kappa shape index (κ3) is 6.01. The van der Waals surface area contributed by atoms with E-state index in [0.717, 1.165) is 11.3 Å². The highest BCUT2D eigenvalue weighted by molar-refractivity contribution is 8.75. The van der Waals surface area contributed by atoms with Crippen LogP contribution in [0.25, 0.3) is 0 Å². The summed E-state index contributed by atoms with van der Waals surface area (Å²) in [5.74, 6) is 0.770. The maximum absolute atomic E-state index is 12.1. The molecule has 2 aromatic rings. The molecule has 23 heavy (non-hydrogen) atoms. The summed E-state index contributed by atoms with van der Waals surface area (Å²) in [5, 5.41) is 4.32. The zero-order valence-corrected chi connectivity index (χ0v) is 16.0. The van der Waals surface area contributed by atoms with Gasteiger partial charge in [0.25, 0.3) is 0 Å². The molecule has 0 aliphatic carbocycles. The zero-order chi connectivity index (χ0) is 16.8. The molecule has 2 amide bonds. The number of rotatable bonds is 5. The Balaban J connectivity index is 1.80. The Morgan fingerprint density at radius 1 is 1.09 bits per heavy atom. The minimum absolute atomic E-state index is 0.239. The van der Waals surface area contributed by atoms with E-state index in [2.05, 4.69) is 5.32 Å². The van der Waals surface area contributed by atoms with Crippen molar-refractivity contribution >= 4 is 68.3 Å². The molecule has 0 aliphatic heterocycles. The van der Waals surface area contributed by atoms with Crippen LogP contribution in [-0.2, 0) is 5.75 Å². The number of hydrogen-bond donors (Lipinski definition) is 1. The highest BCUT2D eigenvalue weighted by Gasteiger charge is 2.11. The molecule has 0 atom stereocenters. The summed E-state index contributed by atoms with van der Waals surface area (Å²) in [4.78, 5) is 12.1. The molecule has 0 heterocycles. The van der Waals surface area contributed by atoms with Crippen molar-refractivity contribution in [3.63, 3.8) is 0 Å². The van der Waals surface area contributed by atoms with Gasteiger partial charge in [0.2, 0.25) is 0 Å². The van der Waals surface area contributed by atoms with Crippen LogP contribution in [0.5, 0.6) is 0 Å². The van der Waals surface area contributed by atoms with E-state index in [1.807, 2.05) is 24.3 Å². The van der Waals surface area contributed by atoms with Gasteiger partial charge in [0, 0.05) is 34.5 Å². The lowest BCUT2D eigenvalue weighted by atomic mass is 10.2. The first kappa shape index (κ1) is 18.6. The van der Waals surface area contributed by atoms with E-state index in [0.29, 0.717) is 20.8 Å². The molecule has 2 rings (SSSR count). The van der Waals surface area contributed by atoms with E-state index in [1.54, 1.807) is 36.0 Å². The summed E-state index contributed by atoms with van der Waals surface area (Å²) >= 11 is 17.6. The van der Waals surface area contributed by atoms with Crippen LogP contribution in [0.1, 0.15) is 5.56 Å². The van der Waals surface area contributed by atoms with E-state index in [-0.39, 0.29) is 6.03 Å². The van der Waals surface area contributed by atoms with Gasteiger partial charge in [-0.2, -0.15) is 0 Å². The molecule has 8 heteroatoms. The van der Waals surface area contributed by atoms with Gasteiger partial charge in [-0.15, -0.1) is 0 Å². The third-order valence-corrected chi connectivity index (χ3v) is 6.04. The number of anilines is 1. The van der Waals surface area contributed by atoms with E-state index in [4.69, 9.17) is 34.8 Å². The van der Waals surface area contributed by atoms with Crippen molar-refractivity contribution in [1.82, 2.24) is 4.31 Å². The second kappa shape index (κ2) is 8.94. The predicted octanol–water partition coefficient (Wildman–Crippen LogP) is 6.61.